The summed E-state index contributed by atoms with van der Waals surface area (Å²) < 4.78 is 5.60. The first-order valence-electron chi connectivity index (χ1n) is 9.07. The molecule has 2 amide bonds. The van der Waals surface area contributed by atoms with E-state index in [1.807, 2.05) is 4.90 Å². The highest BCUT2D eigenvalue weighted by atomic mass is 16.5. The summed E-state index contributed by atoms with van der Waals surface area (Å²) in [6.45, 7) is 3.82. The molecule has 8 nitrogen and oxygen atoms in total. The van der Waals surface area contributed by atoms with Crippen molar-refractivity contribution in [2.45, 2.75) is 38.2 Å². The molecule has 0 unspecified atom stereocenters. The number of carbonyl (C=O) groups excluding carboxylic acids is 2. The van der Waals surface area contributed by atoms with E-state index >= 15 is 0 Å². The second kappa shape index (κ2) is 7.70. The molecule has 1 spiro atoms. The number of ether oxygens (including phenoxy) is 1. The minimum atomic E-state index is -0.973. The number of aliphatic carboxylic acids is 1. The Morgan fingerprint density at radius 2 is 2.04 bits per heavy atom. The number of nitrogens with one attached hydrogen (secondary N) is 1. The van der Waals surface area contributed by atoms with E-state index in [0.717, 1.165) is 32.4 Å². The number of hydrogen-bond acceptors (Lipinski definition) is 5. The monoisotopic (exact) mass is 353 g/mol. The van der Waals surface area contributed by atoms with Crippen LogP contribution in [0.5, 0.6) is 0 Å². The van der Waals surface area contributed by atoms with Crippen molar-refractivity contribution in [1.29, 1.82) is 0 Å². The Balaban J connectivity index is 1.51. The minimum Gasteiger partial charge on any atom is -0.480 e. The van der Waals surface area contributed by atoms with Crippen molar-refractivity contribution in [2.75, 3.05) is 45.9 Å². The zero-order valence-corrected chi connectivity index (χ0v) is 14.5. The number of morpholine rings is 1. The number of likely N-dealkylation sites (tertiary alicyclic amines) is 2. The third-order valence-electron chi connectivity index (χ3n) is 5.66. The Morgan fingerprint density at radius 1 is 1.28 bits per heavy atom. The summed E-state index contributed by atoms with van der Waals surface area (Å²) in [5.74, 6) is -0.926. The van der Waals surface area contributed by atoms with E-state index in [0.29, 0.717) is 39.1 Å². The molecule has 3 saturated heterocycles. The molecule has 3 rings (SSSR count). The van der Waals surface area contributed by atoms with Gasteiger partial charge in [-0.15, -0.1) is 0 Å². The topological polar surface area (TPSA) is 99.2 Å². The fraction of sp³-hybridized carbons (Fsp3) is 0.824. The number of nitrogens with zero attached hydrogens (tertiary/aromatic N) is 2. The molecule has 0 aromatic rings. The van der Waals surface area contributed by atoms with Crippen LogP contribution in [-0.2, 0) is 19.1 Å². The Bertz CT molecular complexity index is 524. The summed E-state index contributed by atoms with van der Waals surface area (Å²) in [5.41, 5.74) is -0.0387. The normalized spacial score (nSPS) is 26.7. The van der Waals surface area contributed by atoms with Crippen LogP contribution in [0.15, 0.2) is 0 Å². The number of amides is 2. The number of carboxylic acids is 1. The first-order chi connectivity index (χ1) is 12.0. The summed E-state index contributed by atoms with van der Waals surface area (Å²) >= 11 is 0. The third kappa shape index (κ3) is 4.49. The lowest BCUT2D eigenvalue weighted by molar-refractivity contribution is -0.150. The number of rotatable bonds is 4. The average Bonchev–Trinajstić information content (AvgIpc) is 2.59. The Morgan fingerprint density at radius 3 is 2.68 bits per heavy atom. The van der Waals surface area contributed by atoms with Gasteiger partial charge in [0.05, 0.1) is 19.1 Å². The second-order valence-corrected chi connectivity index (χ2v) is 7.43. The van der Waals surface area contributed by atoms with Crippen LogP contribution in [0, 0.1) is 5.41 Å². The fourth-order valence-electron chi connectivity index (χ4n) is 4.12. The molecule has 0 saturated carbocycles. The Kier molecular flexibility index (Phi) is 5.58. The summed E-state index contributed by atoms with van der Waals surface area (Å²) in [7, 11) is 0. The van der Waals surface area contributed by atoms with Gasteiger partial charge in [-0.2, -0.15) is 0 Å². The maximum absolute atomic E-state index is 12.5. The van der Waals surface area contributed by atoms with E-state index in [1.54, 1.807) is 0 Å². The van der Waals surface area contributed by atoms with Crippen molar-refractivity contribution in [1.82, 2.24) is 15.1 Å². The third-order valence-corrected chi connectivity index (χ3v) is 5.66. The maximum Gasteiger partial charge on any atom is 0.323 e. The Labute approximate surface area is 147 Å². The van der Waals surface area contributed by atoms with Crippen LogP contribution in [0.3, 0.4) is 0 Å². The molecule has 0 radical (unpaired) electrons. The predicted molar refractivity (Wildman–Crippen MR) is 88.9 cm³/mol. The number of piperidine rings is 2. The van der Waals surface area contributed by atoms with Gasteiger partial charge in [-0.3, -0.25) is 14.4 Å². The molecule has 0 aliphatic carbocycles. The van der Waals surface area contributed by atoms with Gasteiger partial charge in [0.15, 0.2) is 0 Å². The van der Waals surface area contributed by atoms with E-state index < -0.39 is 5.97 Å². The van der Waals surface area contributed by atoms with Crippen LogP contribution in [0.2, 0.25) is 0 Å². The van der Waals surface area contributed by atoms with E-state index in [4.69, 9.17) is 9.84 Å². The van der Waals surface area contributed by atoms with Gasteiger partial charge in [-0.05, 0) is 24.7 Å². The van der Waals surface area contributed by atoms with Gasteiger partial charge in [0.25, 0.3) is 0 Å². The molecule has 3 aliphatic heterocycles. The van der Waals surface area contributed by atoms with E-state index in [2.05, 4.69) is 5.32 Å². The van der Waals surface area contributed by atoms with Crippen LogP contribution >= 0.6 is 0 Å². The lowest BCUT2D eigenvalue weighted by atomic mass is 9.72. The lowest BCUT2D eigenvalue weighted by Crippen LogP contribution is -2.53. The molecule has 8 heteroatoms. The highest BCUT2D eigenvalue weighted by molar-refractivity contribution is 5.82. The lowest BCUT2D eigenvalue weighted by Gasteiger charge is -2.47. The van der Waals surface area contributed by atoms with E-state index in [1.165, 1.54) is 4.90 Å². The maximum atomic E-state index is 12.5. The molecule has 0 aromatic carbocycles. The molecule has 2 N–H and O–H groups in total. The van der Waals surface area contributed by atoms with Crippen LogP contribution in [0.4, 0.5) is 0 Å². The van der Waals surface area contributed by atoms with E-state index in [-0.39, 0.29) is 29.9 Å². The van der Waals surface area contributed by atoms with Crippen molar-refractivity contribution < 1.29 is 24.2 Å². The zero-order valence-electron chi connectivity index (χ0n) is 14.5. The summed E-state index contributed by atoms with van der Waals surface area (Å²) in [6, 6.07) is 0. The summed E-state index contributed by atoms with van der Waals surface area (Å²) in [6.07, 6.45) is 3.21. The van der Waals surface area contributed by atoms with Gasteiger partial charge in [-0.1, -0.05) is 0 Å². The molecule has 25 heavy (non-hydrogen) atoms. The summed E-state index contributed by atoms with van der Waals surface area (Å²) in [4.78, 5) is 38.7. The number of carboxylic acid groups (broad SMARTS) is 1. The highest BCUT2D eigenvalue weighted by Gasteiger charge is 2.42. The molecular weight excluding hydrogens is 326 g/mol. The van der Waals surface area contributed by atoms with Gasteiger partial charge in [0, 0.05) is 39.1 Å². The summed E-state index contributed by atoms with van der Waals surface area (Å²) in [5, 5.41) is 12.2. The molecule has 0 bridgehead atoms. The first kappa shape index (κ1) is 18.1. The smallest absolute Gasteiger partial charge is 0.323 e. The highest BCUT2D eigenvalue weighted by Crippen LogP contribution is 2.40. The van der Waals surface area contributed by atoms with Crippen molar-refractivity contribution in [3.63, 3.8) is 0 Å². The standard InChI is InChI=1S/C17H27N3O5/c21-14-1-2-17(12-20(14)11-16(23)24)3-6-19(7-4-17)15(22)9-13-10-18-5-8-25-13/h13,18H,1-12H2,(H,23,24)/t13-/m1/s1. The van der Waals surface area contributed by atoms with Gasteiger partial charge in [0.2, 0.25) is 11.8 Å². The van der Waals surface area contributed by atoms with Crippen LogP contribution in [-0.4, -0.2) is 84.7 Å². The largest absolute Gasteiger partial charge is 0.480 e. The van der Waals surface area contributed by atoms with Gasteiger partial charge in [0.1, 0.15) is 6.54 Å². The van der Waals surface area contributed by atoms with Crippen molar-refractivity contribution in [2.24, 2.45) is 5.41 Å². The molecule has 3 heterocycles. The van der Waals surface area contributed by atoms with Gasteiger partial charge in [-0.25, -0.2) is 0 Å². The quantitative estimate of drug-likeness (QED) is 0.719. The fourth-order valence-corrected chi connectivity index (χ4v) is 4.12. The average molecular weight is 353 g/mol. The SMILES string of the molecule is O=C(O)CN1CC2(CCC1=O)CCN(C(=O)C[C@@H]1CNCCO1)CC2. The number of carbonyl (C=O) groups is 3. The van der Waals surface area contributed by atoms with Crippen LogP contribution in [0.1, 0.15) is 32.1 Å². The molecule has 3 fully saturated rings. The molecular formula is C17H27N3O5. The first-order valence-corrected chi connectivity index (χ1v) is 9.07. The predicted octanol–water partition coefficient (Wildman–Crippen LogP) is -0.319. The van der Waals surface area contributed by atoms with Crippen LogP contribution in [0.25, 0.3) is 0 Å². The van der Waals surface area contributed by atoms with Crippen LogP contribution < -0.4 is 5.32 Å². The van der Waals surface area contributed by atoms with Crippen molar-refractivity contribution in [3.8, 4) is 0 Å². The molecule has 1 atom stereocenters. The number of hydrogen-bond donors (Lipinski definition) is 2. The second-order valence-electron chi connectivity index (χ2n) is 7.43. The van der Waals surface area contributed by atoms with Crippen molar-refractivity contribution in [3.05, 3.63) is 0 Å². The van der Waals surface area contributed by atoms with Crippen molar-refractivity contribution >= 4 is 17.8 Å². The molecule has 3 aliphatic rings. The molecule has 0 aromatic heterocycles. The zero-order chi connectivity index (χ0) is 17.9. The van der Waals surface area contributed by atoms with Gasteiger partial charge >= 0.3 is 5.97 Å². The van der Waals surface area contributed by atoms with Gasteiger partial charge < -0.3 is 25.0 Å². The molecule has 140 valence electrons. The minimum absolute atomic E-state index is 0.0387. The Hall–Kier alpha value is -1.67. The van der Waals surface area contributed by atoms with E-state index in [9.17, 15) is 14.4 Å².